The molecule has 0 unspecified atom stereocenters. The van der Waals surface area contributed by atoms with Gasteiger partial charge < -0.3 is 0 Å². The van der Waals surface area contributed by atoms with E-state index in [1.807, 2.05) is 43.2 Å². The first-order chi connectivity index (χ1) is 17.3. The number of thiazole rings is 7. The summed E-state index contributed by atoms with van der Waals surface area (Å²) in [5.41, 5.74) is 7.07. The normalized spacial score (nSPS) is 11.4. The summed E-state index contributed by atoms with van der Waals surface area (Å²) in [6.45, 7) is 0. The fourth-order valence-corrected chi connectivity index (χ4v) is 8.52. The highest BCUT2D eigenvalue weighted by Crippen LogP contribution is 2.37. The van der Waals surface area contributed by atoms with Crippen molar-refractivity contribution in [3.05, 3.63) is 49.4 Å². The van der Waals surface area contributed by atoms with Crippen LogP contribution in [-0.4, -0.2) is 34.9 Å². The Hall–Kier alpha value is -2.59. The lowest BCUT2D eigenvalue weighted by Gasteiger charge is -1.90. The van der Waals surface area contributed by atoms with Crippen molar-refractivity contribution < 1.29 is 0 Å². The van der Waals surface area contributed by atoms with Crippen molar-refractivity contribution in [1.82, 2.24) is 34.9 Å². The zero-order chi connectivity index (χ0) is 23.2. The van der Waals surface area contributed by atoms with Crippen molar-refractivity contribution in [2.45, 2.75) is 0 Å². The Morgan fingerprint density at radius 3 is 1.20 bits per heavy atom. The summed E-state index contributed by atoms with van der Waals surface area (Å²) >= 11 is 11.0. The van der Waals surface area contributed by atoms with Gasteiger partial charge in [0.2, 0.25) is 0 Å². The second kappa shape index (κ2) is 9.13. The third-order valence-electron chi connectivity index (χ3n) is 4.70. The summed E-state index contributed by atoms with van der Waals surface area (Å²) in [4.78, 5) is 32.5. The van der Waals surface area contributed by atoms with Gasteiger partial charge in [0.15, 0.2) is 0 Å². The molecule has 0 amide bonds. The van der Waals surface area contributed by atoms with Gasteiger partial charge in [0.1, 0.15) is 64.2 Å². The molecule has 0 atom stereocenters. The van der Waals surface area contributed by atoms with Crippen molar-refractivity contribution in [3.8, 4) is 64.2 Å². The van der Waals surface area contributed by atoms with E-state index in [1.54, 1.807) is 85.6 Å². The quantitative estimate of drug-likeness (QED) is 0.197. The summed E-state index contributed by atoms with van der Waals surface area (Å²) in [5.74, 6) is 0. The van der Waals surface area contributed by atoms with Gasteiger partial charge in [-0.1, -0.05) is 0 Å². The fraction of sp³-hybridized carbons (Fsp3) is 0. The van der Waals surface area contributed by atoms with Crippen molar-refractivity contribution in [2.24, 2.45) is 0 Å². The molecule has 35 heavy (non-hydrogen) atoms. The van der Waals surface area contributed by atoms with Crippen LogP contribution < -0.4 is 0 Å². The molecule has 0 spiro atoms. The minimum absolute atomic E-state index is 0.854. The predicted octanol–water partition coefficient (Wildman–Crippen LogP) is 7.88. The van der Waals surface area contributed by atoms with Gasteiger partial charge in [-0.15, -0.1) is 79.4 Å². The Bertz CT molecular complexity index is 1590. The van der Waals surface area contributed by atoms with Crippen LogP contribution in [0.25, 0.3) is 64.2 Å². The monoisotopic (exact) mass is 583 g/mol. The average molecular weight is 584 g/mol. The summed E-state index contributed by atoms with van der Waals surface area (Å²) in [5, 5.41) is 19.4. The molecule has 0 radical (unpaired) electrons. The molecule has 0 aliphatic carbocycles. The minimum Gasteiger partial charge on any atom is -0.243 e. The van der Waals surface area contributed by atoms with Gasteiger partial charge >= 0.3 is 0 Å². The number of hydrogen-bond donors (Lipinski definition) is 0. The highest BCUT2D eigenvalue weighted by Gasteiger charge is 2.17. The molecule has 7 aromatic rings. The topological polar surface area (TPSA) is 90.2 Å². The fourth-order valence-electron chi connectivity index (χ4n) is 3.12. The van der Waals surface area contributed by atoms with Gasteiger partial charge in [0, 0.05) is 43.9 Å². The summed E-state index contributed by atoms with van der Waals surface area (Å²) in [7, 11) is 0. The summed E-state index contributed by atoms with van der Waals surface area (Å²) in [6, 6.07) is 0. The van der Waals surface area contributed by atoms with E-state index >= 15 is 0 Å². The van der Waals surface area contributed by atoms with Gasteiger partial charge in [-0.3, -0.25) is 0 Å². The van der Waals surface area contributed by atoms with Crippen molar-refractivity contribution in [2.75, 3.05) is 0 Å². The Morgan fingerprint density at radius 1 is 0.400 bits per heavy atom. The van der Waals surface area contributed by atoms with Crippen LogP contribution in [0.15, 0.2) is 49.4 Å². The predicted molar refractivity (Wildman–Crippen MR) is 149 cm³/mol. The first kappa shape index (κ1) is 21.7. The first-order valence-corrected chi connectivity index (χ1v) is 16.1. The molecule has 0 N–H and O–H groups in total. The Kier molecular flexibility index (Phi) is 5.65. The molecule has 7 rings (SSSR count). The van der Waals surface area contributed by atoms with Gasteiger partial charge in [0.05, 0.1) is 5.51 Å². The zero-order valence-electron chi connectivity index (χ0n) is 17.2. The number of aromatic nitrogens is 7. The lowest BCUT2D eigenvalue weighted by atomic mass is 10.4. The van der Waals surface area contributed by atoms with Crippen LogP contribution in [0.4, 0.5) is 0 Å². The van der Waals surface area contributed by atoms with E-state index in [1.165, 1.54) is 0 Å². The van der Waals surface area contributed by atoms with Crippen LogP contribution in [-0.2, 0) is 0 Å². The first-order valence-electron chi connectivity index (χ1n) is 9.88. The number of nitrogens with zero attached hydrogens (tertiary/aromatic N) is 7. The Labute approximate surface area is 226 Å². The largest absolute Gasteiger partial charge is 0.243 e. The molecule has 0 bridgehead atoms. The maximum absolute atomic E-state index is 4.82. The highest BCUT2D eigenvalue weighted by molar-refractivity contribution is 7.18. The molecule has 0 aliphatic heterocycles. The van der Waals surface area contributed by atoms with E-state index in [0.29, 0.717) is 0 Å². The van der Waals surface area contributed by atoms with Crippen LogP contribution in [0.5, 0.6) is 0 Å². The van der Waals surface area contributed by atoms with Crippen molar-refractivity contribution in [3.63, 3.8) is 0 Å². The van der Waals surface area contributed by atoms with Crippen LogP contribution >= 0.6 is 79.4 Å². The van der Waals surface area contributed by atoms with E-state index in [9.17, 15) is 0 Å². The molecule has 7 heterocycles. The van der Waals surface area contributed by atoms with E-state index < -0.39 is 0 Å². The lowest BCUT2D eigenvalue weighted by molar-refractivity contribution is 1.29. The zero-order valence-corrected chi connectivity index (χ0v) is 22.9. The molecule has 0 aromatic carbocycles. The maximum atomic E-state index is 4.82. The van der Waals surface area contributed by atoms with E-state index in [4.69, 9.17) is 24.9 Å². The second-order valence-corrected chi connectivity index (χ2v) is 12.8. The van der Waals surface area contributed by atoms with Crippen LogP contribution in [0.2, 0.25) is 0 Å². The number of rotatable bonds is 6. The Balaban J connectivity index is 1.11. The van der Waals surface area contributed by atoms with E-state index in [2.05, 4.69) is 9.97 Å². The van der Waals surface area contributed by atoms with Gasteiger partial charge in [-0.25, -0.2) is 34.9 Å². The SMILES string of the molecule is c1csc(-c2csc(-c3csc(-c4csc(-c5csc(-c6csc(-c7cscn7)n6)n5)n4)n3)n2)n1. The second-order valence-electron chi connectivity index (χ2n) is 6.90. The molecule has 7 nitrogen and oxygen atoms in total. The van der Waals surface area contributed by atoms with Crippen LogP contribution in [0, 0.1) is 0 Å². The highest BCUT2D eigenvalue weighted by atomic mass is 32.1. The molecule has 0 saturated heterocycles. The molecule has 170 valence electrons. The summed E-state index contributed by atoms with van der Waals surface area (Å²) < 4.78 is 0. The van der Waals surface area contributed by atoms with Gasteiger partial charge in [-0.2, -0.15) is 0 Å². The molecule has 7 aromatic heterocycles. The molecular formula is C21H9N7S7. The van der Waals surface area contributed by atoms with Crippen molar-refractivity contribution in [1.29, 1.82) is 0 Å². The van der Waals surface area contributed by atoms with Crippen LogP contribution in [0.3, 0.4) is 0 Å². The average Bonchev–Trinajstić information content (AvgIpc) is 3.71. The summed E-state index contributed by atoms with van der Waals surface area (Å²) in [6.07, 6.45) is 1.79. The minimum atomic E-state index is 0.854. The Morgan fingerprint density at radius 2 is 0.829 bits per heavy atom. The van der Waals surface area contributed by atoms with Crippen molar-refractivity contribution >= 4 is 79.4 Å². The molecular weight excluding hydrogens is 575 g/mol. The maximum Gasteiger partial charge on any atom is 0.143 e. The molecule has 0 fully saturated rings. The van der Waals surface area contributed by atoms with E-state index in [-0.39, 0.29) is 0 Å². The van der Waals surface area contributed by atoms with Crippen LogP contribution in [0.1, 0.15) is 0 Å². The molecule has 0 aliphatic rings. The number of hydrogen-bond acceptors (Lipinski definition) is 14. The van der Waals surface area contributed by atoms with Gasteiger partial charge in [0.25, 0.3) is 0 Å². The third-order valence-corrected chi connectivity index (χ3v) is 10.4. The lowest BCUT2D eigenvalue weighted by Crippen LogP contribution is -1.82. The molecule has 0 saturated carbocycles. The van der Waals surface area contributed by atoms with E-state index in [0.717, 1.165) is 64.2 Å². The van der Waals surface area contributed by atoms with Gasteiger partial charge in [-0.05, 0) is 0 Å². The smallest absolute Gasteiger partial charge is 0.143 e. The molecule has 14 heteroatoms. The third kappa shape index (κ3) is 4.20. The standard InChI is InChI=1S/C21H9N7S7/c1-2-30-16(22-1)11-4-32-18(24-11)13-6-34-20(26-13)15-8-35-21(28-15)14-7-33-19(27-14)12-5-31-17(25-12)10-3-29-9-23-10/h1-9H.